The molecular formula is C10H10ClN3O3. The number of hydrogen-bond acceptors (Lipinski definition) is 6. The quantitative estimate of drug-likeness (QED) is 0.815. The molecule has 0 radical (unpaired) electrons. The van der Waals surface area contributed by atoms with Crippen molar-refractivity contribution >= 4 is 11.6 Å². The maximum atomic E-state index is 5.70. The lowest BCUT2D eigenvalue weighted by Crippen LogP contribution is -2.04. The number of aromatic nitrogens is 3. The van der Waals surface area contributed by atoms with Gasteiger partial charge in [-0.2, -0.15) is 9.97 Å². The van der Waals surface area contributed by atoms with Crippen molar-refractivity contribution in [3.05, 3.63) is 29.4 Å². The third-order valence-electron chi connectivity index (χ3n) is 1.76. The minimum atomic E-state index is 0.0258. The molecular weight excluding hydrogens is 246 g/mol. The molecule has 2 rings (SSSR count). The number of halogens is 1. The monoisotopic (exact) mass is 255 g/mol. The molecule has 0 spiro atoms. The van der Waals surface area contributed by atoms with E-state index in [1.807, 2.05) is 6.92 Å². The van der Waals surface area contributed by atoms with Gasteiger partial charge >= 0.3 is 12.0 Å². The third-order valence-corrected chi connectivity index (χ3v) is 1.93. The van der Waals surface area contributed by atoms with Crippen LogP contribution in [0.25, 0.3) is 0 Å². The molecule has 90 valence electrons. The standard InChI is InChI=1S/C10H10ClN3O3/c1-2-15-9-12-8(11)13-10(14-9)17-6-7-4-3-5-16-7/h3-5H,2,6H2,1H3. The molecule has 0 aliphatic carbocycles. The molecule has 2 aromatic rings. The Kier molecular flexibility index (Phi) is 3.77. The SMILES string of the molecule is CCOc1nc(Cl)nc(OCc2ccco2)n1. The van der Waals surface area contributed by atoms with Gasteiger partial charge in [0, 0.05) is 0 Å². The lowest BCUT2D eigenvalue weighted by atomic mass is 10.5. The summed E-state index contributed by atoms with van der Waals surface area (Å²) < 4.78 is 15.5. The van der Waals surface area contributed by atoms with E-state index in [-0.39, 0.29) is 23.9 Å². The third kappa shape index (κ3) is 3.32. The van der Waals surface area contributed by atoms with Crippen LogP contribution >= 0.6 is 11.6 Å². The van der Waals surface area contributed by atoms with Crippen molar-refractivity contribution in [3.8, 4) is 12.0 Å². The summed E-state index contributed by atoms with van der Waals surface area (Å²) in [7, 11) is 0. The molecule has 0 aliphatic rings. The molecule has 0 atom stereocenters. The van der Waals surface area contributed by atoms with Gasteiger partial charge in [-0.25, -0.2) is 0 Å². The average molecular weight is 256 g/mol. The van der Waals surface area contributed by atoms with Crippen LogP contribution < -0.4 is 9.47 Å². The fraction of sp³-hybridized carbons (Fsp3) is 0.300. The number of ether oxygens (including phenoxy) is 2. The van der Waals surface area contributed by atoms with Gasteiger partial charge in [-0.1, -0.05) is 0 Å². The lowest BCUT2D eigenvalue weighted by molar-refractivity contribution is 0.238. The van der Waals surface area contributed by atoms with Crippen LogP contribution in [0, 0.1) is 0 Å². The molecule has 0 bridgehead atoms. The Morgan fingerprint density at radius 2 is 2.00 bits per heavy atom. The van der Waals surface area contributed by atoms with Gasteiger partial charge in [0.2, 0.25) is 5.28 Å². The van der Waals surface area contributed by atoms with Crippen molar-refractivity contribution in [2.24, 2.45) is 0 Å². The van der Waals surface area contributed by atoms with E-state index in [1.165, 1.54) is 0 Å². The summed E-state index contributed by atoms with van der Waals surface area (Å²) in [6.07, 6.45) is 1.56. The fourth-order valence-corrected chi connectivity index (χ4v) is 1.25. The second-order valence-corrected chi connectivity index (χ2v) is 3.31. The summed E-state index contributed by atoms with van der Waals surface area (Å²) in [5.41, 5.74) is 0. The summed E-state index contributed by atoms with van der Waals surface area (Å²) >= 11 is 5.70. The van der Waals surface area contributed by atoms with Gasteiger partial charge in [0.1, 0.15) is 12.4 Å². The number of hydrogen-bond donors (Lipinski definition) is 0. The van der Waals surface area contributed by atoms with Gasteiger partial charge < -0.3 is 13.9 Å². The Morgan fingerprint density at radius 3 is 2.65 bits per heavy atom. The van der Waals surface area contributed by atoms with Crippen molar-refractivity contribution in [1.82, 2.24) is 15.0 Å². The Labute approximate surface area is 103 Å². The molecule has 0 fully saturated rings. The van der Waals surface area contributed by atoms with E-state index in [0.717, 1.165) is 0 Å². The first-order valence-corrected chi connectivity index (χ1v) is 5.35. The maximum Gasteiger partial charge on any atom is 0.324 e. The highest BCUT2D eigenvalue weighted by molar-refractivity contribution is 6.28. The van der Waals surface area contributed by atoms with Crippen molar-refractivity contribution in [2.45, 2.75) is 13.5 Å². The molecule has 0 amide bonds. The zero-order valence-electron chi connectivity index (χ0n) is 9.09. The van der Waals surface area contributed by atoms with E-state index in [0.29, 0.717) is 12.4 Å². The molecule has 0 saturated carbocycles. The van der Waals surface area contributed by atoms with E-state index < -0.39 is 0 Å². The van der Waals surface area contributed by atoms with E-state index in [2.05, 4.69) is 15.0 Å². The highest BCUT2D eigenvalue weighted by Crippen LogP contribution is 2.14. The Balaban J connectivity index is 2.04. The minimum absolute atomic E-state index is 0.0258. The topological polar surface area (TPSA) is 70.3 Å². The zero-order valence-corrected chi connectivity index (χ0v) is 9.85. The minimum Gasteiger partial charge on any atom is -0.466 e. The molecule has 6 nitrogen and oxygen atoms in total. The molecule has 0 aromatic carbocycles. The van der Waals surface area contributed by atoms with Crippen molar-refractivity contribution in [1.29, 1.82) is 0 Å². The predicted octanol–water partition coefficient (Wildman–Crippen LogP) is 2.10. The van der Waals surface area contributed by atoms with Gasteiger partial charge in [0.25, 0.3) is 0 Å². The zero-order chi connectivity index (χ0) is 12.1. The molecule has 0 saturated heterocycles. The highest BCUT2D eigenvalue weighted by atomic mass is 35.5. The number of rotatable bonds is 5. The van der Waals surface area contributed by atoms with Gasteiger partial charge in [0.05, 0.1) is 12.9 Å². The van der Waals surface area contributed by atoms with Crippen LogP contribution in [0.3, 0.4) is 0 Å². The maximum absolute atomic E-state index is 5.70. The molecule has 17 heavy (non-hydrogen) atoms. The van der Waals surface area contributed by atoms with E-state index in [9.17, 15) is 0 Å². The second kappa shape index (κ2) is 5.49. The average Bonchev–Trinajstić information content (AvgIpc) is 2.79. The molecule has 0 N–H and O–H groups in total. The number of furan rings is 1. The Morgan fingerprint density at radius 1 is 1.24 bits per heavy atom. The summed E-state index contributed by atoms with van der Waals surface area (Å²) in [5, 5.41) is 0.0258. The first-order valence-electron chi connectivity index (χ1n) is 4.97. The first-order chi connectivity index (χ1) is 8.28. The first kappa shape index (κ1) is 11.7. The van der Waals surface area contributed by atoms with Crippen LogP contribution in [0.15, 0.2) is 22.8 Å². The van der Waals surface area contributed by atoms with Crippen LogP contribution in [-0.2, 0) is 6.61 Å². The molecule has 0 unspecified atom stereocenters. The van der Waals surface area contributed by atoms with Gasteiger partial charge in [-0.15, -0.1) is 4.98 Å². The van der Waals surface area contributed by atoms with Gasteiger partial charge in [-0.3, -0.25) is 0 Å². The van der Waals surface area contributed by atoms with E-state index >= 15 is 0 Å². The van der Waals surface area contributed by atoms with Crippen LogP contribution in [0.4, 0.5) is 0 Å². The van der Waals surface area contributed by atoms with Crippen LogP contribution in [0.5, 0.6) is 12.0 Å². The normalized spacial score (nSPS) is 10.2. The lowest BCUT2D eigenvalue weighted by Gasteiger charge is -2.04. The Hall–Kier alpha value is -1.82. The number of nitrogens with zero attached hydrogens (tertiary/aromatic N) is 3. The van der Waals surface area contributed by atoms with E-state index in [1.54, 1.807) is 18.4 Å². The smallest absolute Gasteiger partial charge is 0.324 e. The van der Waals surface area contributed by atoms with E-state index in [4.69, 9.17) is 25.5 Å². The van der Waals surface area contributed by atoms with Crippen molar-refractivity contribution in [3.63, 3.8) is 0 Å². The second-order valence-electron chi connectivity index (χ2n) is 2.97. The highest BCUT2D eigenvalue weighted by Gasteiger charge is 2.07. The molecule has 7 heteroatoms. The van der Waals surface area contributed by atoms with Crippen LogP contribution in [-0.4, -0.2) is 21.6 Å². The van der Waals surface area contributed by atoms with Crippen molar-refractivity contribution in [2.75, 3.05) is 6.61 Å². The summed E-state index contributed by atoms with van der Waals surface area (Å²) in [6, 6.07) is 3.79. The van der Waals surface area contributed by atoms with Crippen LogP contribution in [0.2, 0.25) is 5.28 Å². The summed E-state index contributed by atoms with van der Waals surface area (Å²) in [4.78, 5) is 11.5. The summed E-state index contributed by atoms with van der Waals surface area (Å²) in [5.74, 6) is 0.666. The molecule has 0 aliphatic heterocycles. The predicted molar refractivity (Wildman–Crippen MR) is 59.0 cm³/mol. The largest absolute Gasteiger partial charge is 0.466 e. The summed E-state index contributed by atoms with van der Waals surface area (Å²) in [6.45, 7) is 2.48. The molecule has 2 heterocycles. The van der Waals surface area contributed by atoms with Crippen molar-refractivity contribution < 1.29 is 13.9 Å². The van der Waals surface area contributed by atoms with Crippen LogP contribution in [0.1, 0.15) is 12.7 Å². The Bertz CT molecular complexity index is 476. The molecule has 2 aromatic heterocycles. The fourth-order valence-electron chi connectivity index (χ4n) is 1.10. The van der Waals surface area contributed by atoms with Gasteiger partial charge in [-0.05, 0) is 30.7 Å². The van der Waals surface area contributed by atoms with Gasteiger partial charge in [0.15, 0.2) is 0 Å².